The molecule has 1 N–H and O–H groups in total. The van der Waals surface area contributed by atoms with Gasteiger partial charge < -0.3 is 19.3 Å². The van der Waals surface area contributed by atoms with Crippen molar-refractivity contribution < 1.29 is 28.9 Å². The summed E-state index contributed by atoms with van der Waals surface area (Å²) in [5.41, 5.74) is 3.70. The molecule has 1 saturated heterocycles. The first-order valence-corrected chi connectivity index (χ1v) is 12.8. The third kappa shape index (κ3) is 4.38. The van der Waals surface area contributed by atoms with E-state index in [-0.39, 0.29) is 17.3 Å². The van der Waals surface area contributed by atoms with E-state index in [1.807, 2.05) is 44.2 Å². The molecule has 1 atom stereocenters. The Morgan fingerprint density at radius 2 is 1.71 bits per heavy atom. The maximum atomic E-state index is 13.6. The third-order valence-corrected chi connectivity index (χ3v) is 7.08. The molecule has 5 rings (SSSR count). The molecule has 196 valence electrons. The summed E-state index contributed by atoms with van der Waals surface area (Å²) in [4.78, 5) is 28.5. The van der Waals surface area contributed by atoms with Crippen LogP contribution in [-0.4, -0.2) is 37.1 Å². The van der Waals surface area contributed by atoms with Crippen LogP contribution in [0.3, 0.4) is 0 Å². The Kier molecular flexibility index (Phi) is 6.85. The van der Waals surface area contributed by atoms with E-state index in [0.29, 0.717) is 41.7 Å². The van der Waals surface area contributed by atoms with Crippen molar-refractivity contribution in [3.05, 3.63) is 88.5 Å². The van der Waals surface area contributed by atoms with Gasteiger partial charge >= 0.3 is 0 Å². The summed E-state index contributed by atoms with van der Waals surface area (Å²) in [6.07, 6.45) is 0.854. The minimum Gasteiger partial charge on any atom is -0.507 e. The number of fused-ring (bicyclic) bond motifs is 1. The molecule has 2 heterocycles. The largest absolute Gasteiger partial charge is 0.507 e. The smallest absolute Gasteiger partial charge is 0.300 e. The lowest BCUT2D eigenvalue weighted by Crippen LogP contribution is -2.29. The van der Waals surface area contributed by atoms with Gasteiger partial charge in [-0.25, -0.2) is 0 Å². The molecule has 0 bridgehead atoms. The number of aliphatic hydroxyl groups excluding tert-OH is 1. The predicted molar refractivity (Wildman–Crippen MR) is 145 cm³/mol. The van der Waals surface area contributed by atoms with Crippen molar-refractivity contribution in [1.29, 1.82) is 0 Å². The molecule has 38 heavy (non-hydrogen) atoms. The van der Waals surface area contributed by atoms with E-state index in [1.54, 1.807) is 37.4 Å². The van der Waals surface area contributed by atoms with Gasteiger partial charge in [0, 0.05) is 17.3 Å². The summed E-state index contributed by atoms with van der Waals surface area (Å²) in [6.45, 7) is 6.95. The van der Waals surface area contributed by atoms with Gasteiger partial charge in [-0.05, 0) is 59.4 Å². The number of carbonyl (C=O) groups is 2. The summed E-state index contributed by atoms with van der Waals surface area (Å²) in [7, 11) is 1.60. The normalized spacial score (nSPS) is 18.2. The number of amides is 1. The first kappa shape index (κ1) is 25.4. The fourth-order valence-corrected chi connectivity index (χ4v) is 5.02. The molecule has 2 aliphatic heterocycles. The molecule has 3 aromatic rings. The van der Waals surface area contributed by atoms with Crippen LogP contribution in [0.25, 0.3) is 5.76 Å². The summed E-state index contributed by atoms with van der Waals surface area (Å²) >= 11 is 0. The van der Waals surface area contributed by atoms with Crippen LogP contribution >= 0.6 is 0 Å². The Hall–Kier alpha value is -4.26. The fraction of sp³-hybridized carbons (Fsp3) is 0.290. The lowest BCUT2D eigenvalue weighted by Gasteiger charge is -2.27. The Labute approximate surface area is 222 Å². The zero-order valence-electron chi connectivity index (χ0n) is 22.0. The van der Waals surface area contributed by atoms with Crippen molar-refractivity contribution in [3.8, 4) is 17.2 Å². The van der Waals surface area contributed by atoms with Gasteiger partial charge in [-0.15, -0.1) is 0 Å². The molecular weight excluding hydrogens is 482 g/mol. The molecule has 7 nitrogen and oxygen atoms in total. The van der Waals surface area contributed by atoms with Gasteiger partial charge in [0.25, 0.3) is 11.7 Å². The second-order valence-electron chi connectivity index (χ2n) is 9.70. The molecule has 1 fully saturated rings. The molecule has 2 aliphatic rings. The molecule has 0 spiro atoms. The summed E-state index contributed by atoms with van der Waals surface area (Å²) in [6, 6.07) is 17.4. The van der Waals surface area contributed by atoms with Gasteiger partial charge in [0.2, 0.25) is 0 Å². The van der Waals surface area contributed by atoms with Crippen molar-refractivity contribution in [2.24, 2.45) is 0 Å². The summed E-state index contributed by atoms with van der Waals surface area (Å²) in [5.74, 6) is 0.217. The average Bonchev–Trinajstić information content (AvgIpc) is 3.21. The highest BCUT2D eigenvalue weighted by Gasteiger charge is 2.47. The van der Waals surface area contributed by atoms with Crippen molar-refractivity contribution in [1.82, 2.24) is 0 Å². The number of ketones is 1. The highest BCUT2D eigenvalue weighted by Crippen LogP contribution is 2.45. The van der Waals surface area contributed by atoms with E-state index >= 15 is 0 Å². The maximum absolute atomic E-state index is 13.6. The Morgan fingerprint density at radius 3 is 2.37 bits per heavy atom. The fourth-order valence-electron chi connectivity index (χ4n) is 5.02. The number of hydrogen-bond donors (Lipinski definition) is 1. The minimum atomic E-state index is -0.826. The van der Waals surface area contributed by atoms with Gasteiger partial charge in [0.05, 0.1) is 18.7 Å². The molecule has 1 unspecified atom stereocenters. The molecule has 0 aliphatic carbocycles. The number of ether oxygens (including phenoxy) is 3. The predicted octanol–water partition coefficient (Wildman–Crippen LogP) is 5.78. The zero-order valence-corrected chi connectivity index (χ0v) is 22.0. The lowest BCUT2D eigenvalue weighted by atomic mass is 9.92. The third-order valence-electron chi connectivity index (χ3n) is 7.08. The van der Waals surface area contributed by atoms with Crippen LogP contribution in [0.5, 0.6) is 17.2 Å². The van der Waals surface area contributed by atoms with E-state index < -0.39 is 17.7 Å². The zero-order chi connectivity index (χ0) is 27.0. The topological polar surface area (TPSA) is 85.3 Å². The van der Waals surface area contributed by atoms with Gasteiger partial charge in [0.15, 0.2) is 11.5 Å². The van der Waals surface area contributed by atoms with Crippen LogP contribution in [-0.2, 0) is 16.0 Å². The summed E-state index contributed by atoms with van der Waals surface area (Å²) in [5, 5.41) is 11.6. The number of Topliss-reactive ketones (excluding diaryl/α,β-unsaturated/α-hetero) is 1. The van der Waals surface area contributed by atoms with Gasteiger partial charge in [-0.1, -0.05) is 45.0 Å². The number of nitrogens with zero attached hydrogens (tertiary/aromatic N) is 1. The van der Waals surface area contributed by atoms with E-state index in [2.05, 4.69) is 6.92 Å². The van der Waals surface area contributed by atoms with Crippen LogP contribution in [0.15, 0.2) is 66.2 Å². The molecule has 3 aromatic carbocycles. The maximum Gasteiger partial charge on any atom is 0.300 e. The Bertz CT molecular complexity index is 1420. The van der Waals surface area contributed by atoms with Crippen molar-refractivity contribution >= 4 is 23.1 Å². The first-order valence-electron chi connectivity index (χ1n) is 12.8. The highest BCUT2D eigenvalue weighted by molar-refractivity contribution is 6.51. The number of carbonyl (C=O) groups excluding carboxylic acids is 2. The number of hydrogen-bond acceptors (Lipinski definition) is 6. The molecule has 0 aromatic heterocycles. The number of aryl methyl sites for hydroxylation is 1. The number of anilines is 1. The van der Waals surface area contributed by atoms with Crippen LogP contribution in [0.2, 0.25) is 0 Å². The number of rotatable bonds is 6. The van der Waals surface area contributed by atoms with E-state index in [4.69, 9.17) is 14.2 Å². The number of aliphatic hydroxyl groups is 1. The van der Waals surface area contributed by atoms with Crippen LogP contribution in [0, 0.1) is 0 Å². The van der Waals surface area contributed by atoms with Gasteiger partial charge in [0.1, 0.15) is 24.7 Å². The number of benzene rings is 3. The van der Waals surface area contributed by atoms with Crippen molar-refractivity contribution in [2.75, 3.05) is 25.2 Å². The first-order chi connectivity index (χ1) is 18.3. The summed E-state index contributed by atoms with van der Waals surface area (Å²) < 4.78 is 16.9. The van der Waals surface area contributed by atoms with Crippen molar-refractivity contribution in [2.45, 2.75) is 39.2 Å². The second kappa shape index (κ2) is 10.2. The van der Waals surface area contributed by atoms with E-state index in [9.17, 15) is 14.7 Å². The standard InChI is InChI=1S/C31H31NO6/c1-5-19-6-8-20(9-7-19)28-27(29(33)21-10-12-24(36-4)23(16-21)18(2)3)30(34)31(35)32(28)22-11-13-25-26(17-22)38-15-14-37-25/h6-13,16-18,28,33H,5,14-15H2,1-4H3/b29-27+. The monoisotopic (exact) mass is 513 g/mol. The van der Waals surface area contributed by atoms with Crippen LogP contribution in [0.4, 0.5) is 5.69 Å². The van der Waals surface area contributed by atoms with Crippen molar-refractivity contribution in [3.63, 3.8) is 0 Å². The van der Waals surface area contributed by atoms with Gasteiger partial charge in [-0.2, -0.15) is 0 Å². The highest BCUT2D eigenvalue weighted by atomic mass is 16.6. The van der Waals surface area contributed by atoms with Crippen LogP contribution in [0.1, 0.15) is 55.0 Å². The van der Waals surface area contributed by atoms with E-state index in [1.165, 1.54) is 4.90 Å². The number of methoxy groups -OCH3 is 1. The molecular formula is C31H31NO6. The molecule has 7 heteroatoms. The quantitative estimate of drug-likeness (QED) is 0.256. The average molecular weight is 514 g/mol. The van der Waals surface area contributed by atoms with Gasteiger partial charge in [-0.3, -0.25) is 14.5 Å². The SMILES string of the molecule is CCc1ccc(C2/C(=C(\O)c3ccc(OC)c(C(C)C)c3)C(=O)C(=O)N2c2ccc3c(c2)OCCO3)cc1. The van der Waals surface area contributed by atoms with E-state index in [0.717, 1.165) is 23.1 Å². The second-order valence-corrected chi connectivity index (χ2v) is 9.70. The lowest BCUT2D eigenvalue weighted by molar-refractivity contribution is -0.132. The Balaban J connectivity index is 1.69. The molecule has 0 saturated carbocycles. The molecule has 0 radical (unpaired) electrons. The van der Waals surface area contributed by atoms with Crippen LogP contribution < -0.4 is 19.1 Å². The molecule has 1 amide bonds. The Morgan fingerprint density at radius 1 is 1.00 bits per heavy atom. The minimum absolute atomic E-state index is 0.0361.